The maximum atomic E-state index is 12.6. The molecule has 4 nitrogen and oxygen atoms in total. The van der Waals surface area contributed by atoms with Gasteiger partial charge in [0, 0.05) is 11.4 Å². The highest BCUT2D eigenvalue weighted by Gasteiger charge is 2.30. The van der Waals surface area contributed by atoms with Crippen molar-refractivity contribution in [1.82, 2.24) is 0 Å². The lowest BCUT2D eigenvalue weighted by Crippen LogP contribution is -2.29. The molecule has 0 saturated heterocycles. The van der Waals surface area contributed by atoms with Crippen LogP contribution < -0.4 is 10.6 Å². The first-order chi connectivity index (χ1) is 11.8. The lowest BCUT2D eigenvalue weighted by molar-refractivity contribution is -0.137. The summed E-state index contributed by atoms with van der Waals surface area (Å²) in [6, 6.07) is 11.1. The summed E-state index contributed by atoms with van der Waals surface area (Å²) in [7, 11) is 0. The van der Waals surface area contributed by atoms with Crippen LogP contribution in [0.3, 0.4) is 0 Å². The van der Waals surface area contributed by atoms with Crippen LogP contribution in [0.1, 0.15) is 24.5 Å². The number of nitrogens with one attached hydrogen (secondary N) is 2. The van der Waals surface area contributed by atoms with Crippen LogP contribution in [0.4, 0.5) is 24.5 Å². The molecule has 25 heavy (non-hydrogen) atoms. The van der Waals surface area contributed by atoms with Crippen molar-refractivity contribution in [2.75, 3.05) is 10.6 Å². The van der Waals surface area contributed by atoms with Gasteiger partial charge in [-0.1, -0.05) is 31.5 Å². The van der Waals surface area contributed by atoms with Crippen molar-refractivity contribution < 1.29 is 22.8 Å². The Balaban J connectivity index is 1.99. The van der Waals surface area contributed by atoms with Gasteiger partial charge in [-0.2, -0.15) is 13.2 Å². The molecule has 2 N–H and O–H groups in total. The molecule has 2 rings (SSSR count). The Labute approximate surface area is 143 Å². The maximum absolute atomic E-state index is 12.6. The third-order valence-corrected chi connectivity index (χ3v) is 3.40. The molecule has 2 aromatic carbocycles. The van der Waals surface area contributed by atoms with E-state index in [0.717, 1.165) is 36.6 Å². The summed E-state index contributed by atoms with van der Waals surface area (Å²) < 4.78 is 37.9. The first-order valence-electron chi connectivity index (χ1n) is 7.68. The largest absolute Gasteiger partial charge is 0.416 e. The van der Waals surface area contributed by atoms with Gasteiger partial charge in [0.2, 0.25) is 0 Å². The first-order valence-corrected chi connectivity index (χ1v) is 7.68. The zero-order valence-electron chi connectivity index (χ0n) is 13.5. The molecular weight excluding hydrogens is 333 g/mol. The quantitative estimate of drug-likeness (QED) is 0.811. The van der Waals surface area contributed by atoms with Crippen molar-refractivity contribution in [3.63, 3.8) is 0 Å². The first kappa shape index (κ1) is 18.5. The van der Waals surface area contributed by atoms with E-state index >= 15 is 0 Å². The lowest BCUT2D eigenvalue weighted by atomic mass is 10.1. The summed E-state index contributed by atoms with van der Waals surface area (Å²) >= 11 is 0. The van der Waals surface area contributed by atoms with Crippen LogP contribution in [0.5, 0.6) is 0 Å². The van der Waals surface area contributed by atoms with Crippen LogP contribution in [0.15, 0.2) is 48.5 Å². The van der Waals surface area contributed by atoms with Crippen LogP contribution >= 0.6 is 0 Å². The topological polar surface area (TPSA) is 58.2 Å². The number of amides is 2. The van der Waals surface area contributed by atoms with Crippen LogP contribution in [-0.2, 0) is 22.2 Å². The Hall–Kier alpha value is -2.83. The summed E-state index contributed by atoms with van der Waals surface area (Å²) in [6.45, 7) is 2.05. The molecule has 0 aliphatic rings. The molecule has 0 heterocycles. The molecule has 7 heteroatoms. The molecular formula is C18H17F3N2O2. The molecule has 0 unspecified atom stereocenters. The third kappa shape index (κ3) is 5.34. The molecule has 0 aromatic heterocycles. The number of benzene rings is 2. The van der Waals surface area contributed by atoms with Gasteiger partial charge >= 0.3 is 18.0 Å². The monoisotopic (exact) mass is 350 g/mol. The molecule has 0 saturated carbocycles. The van der Waals surface area contributed by atoms with E-state index in [1.54, 1.807) is 12.1 Å². The van der Waals surface area contributed by atoms with E-state index in [-0.39, 0.29) is 5.69 Å². The number of hydrogen-bond acceptors (Lipinski definition) is 2. The number of hydrogen-bond donors (Lipinski definition) is 2. The van der Waals surface area contributed by atoms with Crippen molar-refractivity contribution in [2.24, 2.45) is 0 Å². The minimum absolute atomic E-state index is 0.103. The van der Waals surface area contributed by atoms with Crippen molar-refractivity contribution in [1.29, 1.82) is 0 Å². The summed E-state index contributed by atoms with van der Waals surface area (Å²) in [5.74, 6) is -2.00. The molecule has 2 aromatic rings. The predicted octanol–water partition coefficient (Wildman–Crippen LogP) is 4.24. The van der Waals surface area contributed by atoms with Gasteiger partial charge in [0.1, 0.15) is 0 Å². The average Bonchev–Trinajstić information content (AvgIpc) is 2.56. The van der Waals surface area contributed by atoms with E-state index in [4.69, 9.17) is 0 Å². The maximum Gasteiger partial charge on any atom is 0.416 e. The molecule has 0 aliphatic heterocycles. The SMILES string of the molecule is CCCc1ccc(NC(=O)C(=O)Nc2cccc(C(F)(F)F)c2)cc1. The minimum Gasteiger partial charge on any atom is -0.318 e. The average molecular weight is 350 g/mol. The Morgan fingerprint density at radius 1 is 0.920 bits per heavy atom. The fourth-order valence-corrected chi connectivity index (χ4v) is 2.19. The highest BCUT2D eigenvalue weighted by atomic mass is 19.4. The van der Waals surface area contributed by atoms with Gasteiger partial charge in [-0.3, -0.25) is 9.59 Å². The Morgan fingerprint density at radius 2 is 1.52 bits per heavy atom. The summed E-state index contributed by atoms with van der Waals surface area (Å²) in [6.07, 6.45) is -2.63. The number of carbonyl (C=O) groups excluding carboxylic acids is 2. The number of rotatable bonds is 4. The standard InChI is InChI=1S/C18H17F3N2O2/c1-2-4-12-7-9-14(10-8-12)22-16(24)17(25)23-15-6-3-5-13(11-15)18(19,20)21/h3,5-11H,2,4H2,1H3,(H,22,24)(H,23,25). The minimum atomic E-state index is -4.52. The van der Waals surface area contributed by atoms with E-state index in [2.05, 4.69) is 10.6 Å². The van der Waals surface area contributed by atoms with Crippen LogP contribution in [-0.4, -0.2) is 11.8 Å². The second kappa shape index (κ2) is 7.83. The van der Waals surface area contributed by atoms with Gasteiger partial charge in [0.25, 0.3) is 0 Å². The highest BCUT2D eigenvalue weighted by Crippen LogP contribution is 2.30. The fourth-order valence-electron chi connectivity index (χ4n) is 2.19. The van der Waals surface area contributed by atoms with Gasteiger partial charge in [-0.25, -0.2) is 0 Å². The lowest BCUT2D eigenvalue weighted by Gasteiger charge is -2.10. The van der Waals surface area contributed by atoms with Crippen LogP contribution in [0, 0.1) is 0 Å². The van der Waals surface area contributed by atoms with Crippen LogP contribution in [0.25, 0.3) is 0 Å². The number of aryl methyl sites for hydroxylation is 1. The summed E-state index contributed by atoms with van der Waals surface area (Å²) in [5, 5.41) is 4.56. The van der Waals surface area contributed by atoms with Gasteiger partial charge < -0.3 is 10.6 Å². The second-order valence-electron chi connectivity index (χ2n) is 5.43. The van der Waals surface area contributed by atoms with Gasteiger partial charge in [-0.15, -0.1) is 0 Å². The van der Waals surface area contributed by atoms with Gasteiger partial charge in [0.05, 0.1) is 5.56 Å². The third-order valence-electron chi connectivity index (χ3n) is 3.40. The van der Waals surface area contributed by atoms with Crippen molar-refractivity contribution >= 4 is 23.2 Å². The van der Waals surface area contributed by atoms with Crippen molar-refractivity contribution in [3.8, 4) is 0 Å². The van der Waals surface area contributed by atoms with E-state index in [9.17, 15) is 22.8 Å². The molecule has 0 fully saturated rings. The molecule has 0 radical (unpaired) electrons. The normalized spacial score (nSPS) is 11.0. The number of halogens is 3. The summed E-state index contributed by atoms with van der Waals surface area (Å²) in [4.78, 5) is 23.7. The Kier molecular flexibility index (Phi) is 5.80. The van der Waals surface area contributed by atoms with E-state index in [1.807, 2.05) is 19.1 Å². The number of carbonyl (C=O) groups is 2. The predicted molar refractivity (Wildman–Crippen MR) is 89.1 cm³/mol. The second-order valence-corrected chi connectivity index (χ2v) is 5.43. The van der Waals surface area contributed by atoms with E-state index < -0.39 is 23.6 Å². The number of alkyl halides is 3. The molecule has 132 valence electrons. The fraction of sp³-hybridized carbons (Fsp3) is 0.222. The Morgan fingerprint density at radius 3 is 2.08 bits per heavy atom. The zero-order chi connectivity index (χ0) is 18.4. The highest BCUT2D eigenvalue weighted by molar-refractivity contribution is 6.43. The van der Waals surface area contributed by atoms with E-state index in [1.165, 1.54) is 6.07 Å². The number of anilines is 2. The molecule has 2 amide bonds. The van der Waals surface area contributed by atoms with E-state index in [0.29, 0.717) is 5.69 Å². The van der Waals surface area contributed by atoms with Crippen molar-refractivity contribution in [2.45, 2.75) is 25.9 Å². The zero-order valence-corrected chi connectivity index (χ0v) is 13.5. The molecule has 0 spiro atoms. The van der Waals surface area contributed by atoms with Gasteiger partial charge in [0.15, 0.2) is 0 Å². The summed E-state index contributed by atoms with van der Waals surface area (Å²) in [5.41, 5.74) is 0.531. The molecule has 0 aliphatic carbocycles. The smallest absolute Gasteiger partial charge is 0.318 e. The van der Waals surface area contributed by atoms with Crippen LogP contribution in [0.2, 0.25) is 0 Å². The van der Waals surface area contributed by atoms with Gasteiger partial charge in [-0.05, 0) is 42.3 Å². The molecule has 0 bridgehead atoms. The Bertz CT molecular complexity index is 756. The van der Waals surface area contributed by atoms with Crippen molar-refractivity contribution in [3.05, 3.63) is 59.7 Å². The molecule has 0 atom stereocenters.